The Hall–Kier alpha value is -1.48. The summed E-state index contributed by atoms with van der Waals surface area (Å²) in [5.41, 5.74) is 8.37. The van der Waals surface area contributed by atoms with Gasteiger partial charge in [0.15, 0.2) is 5.96 Å². The van der Waals surface area contributed by atoms with Gasteiger partial charge in [-0.3, -0.25) is 4.68 Å². The molecule has 2 aromatic rings. The summed E-state index contributed by atoms with van der Waals surface area (Å²) in [5.74, 6) is 0.599. The number of benzene rings is 1. The second-order valence-corrected chi connectivity index (χ2v) is 6.01. The molecule has 0 bridgehead atoms. The zero-order valence-corrected chi connectivity index (χ0v) is 16.7. The van der Waals surface area contributed by atoms with Crippen LogP contribution < -0.4 is 10.6 Å². The summed E-state index contributed by atoms with van der Waals surface area (Å²) in [6.45, 7) is 4.12. The van der Waals surface area contributed by atoms with Crippen LogP contribution in [0, 0.1) is 0 Å². The maximum atomic E-state index is 6.13. The molecule has 0 spiro atoms. The summed E-state index contributed by atoms with van der Waals surface area (Å²) in [6.07, 6.45) is 1.77. The Morgan fingerprint density at radius 3 is 2.42 bits per heavy atom. The van der Waals surface area contributed by atoms with Gasteiger partial charge >= 0.3 is 0 Å². The SMILES string of the molecule is Cn1nccc1CN=C(N)N1CCN(c2ccc(Cl)cc2)CC1.I. The van der Waals surface area contributed by atoms with Crippen LogP contribution in [0.4, 0.5) is 5.69 Å². The molecule has 3 rings (SSSR count). The quantitative estimate of drug-likeness (QED) is 0.434. The maximum Gasteiger partial charge on any atom is 0.191 e. The minimum absolute atomic E-state index is 0. The van der Waals surface area contributed by atoms with E-state index in [0.29, 0.717) is 12.5 Å². The van der Waals surface area contributed by atoms with Crippen LogP contribution in [-0.2, 0) is 13.6 Å². The van der Waals surface area contributed by atoms with E-state index in [2.05, 4.69) is 32.0 Å². The molecule has 0 atom stereocenters. The Bertz CT molecular complexity index is 676. The number of hydrogen-bond acceptors (Lipinski definition) is 3. The van der Waals surface area contributed by atoms with Crippen molar-refractivity contribution in [3.63, 3.8) is 0 Å². The standard InChI is InChI=1S/C16H21ClN6.HI/c1-21-15(6-7-20-21)12-19-16(18)23-10-8-22(9-11-23)14-4-2-13(17)3-5-14;/h2-7H,8-12H2,1H3,(H2,18,19);1H. The van der Waals surface area contributed by atoms with Crippen LogP contribution in [0.25, 0.3) is 0 Å². The van der Waals surface area contributed by atoms with Crippen LogP contribution in [0.2, 0.25) is 5.02 Å². The Labute approximate surface area is 164 Å². The number of hydrogen-bond donors (Lipinski definition) is 1. The van der Waals surface area contributed by atoms with Crippen molar-refractivity contribution in [1.29, 1.82) is 0 Å². The Morgan fingerprint density at radius 1 is 1.17 bits per heavy atom. The van der Waals surface area contributed by atoms with Gasteiger partial charge in [0.2, 0.25) is 0 Å². The molecule has 1 aliphatic heterocycles. The van der Waals surface area contributed by atoms with Crippen LogP contribution >= 0.6 is 35.6 Å². The molecule has 1 aromatic heterocycles. The molecule has 0 radical (unpaired) electrons. The van der Waals surface area contributed by atoms with Gasteiger partial charge in [-0.1, -0.05) is 11.6 Å². The topological polar surface area (TPSA) is 62.7 Å². The van der Waals surface area contributed by atoms with Gasteiger partial charge < -0.3 is 15.5 Å². The number of halogens is 2. The first-order chi connectivity index (χ1) is 11.1. The number of guanidine groups is 1. The minimum atomic E-state index is 0. The van der Waals surface area contributed by atoms with Crippen LogP contribution in [0.3, 0.4) is 0 Å². The largest absolute Gasteiger partial charge is 0.370 e. The molecule has 2 N–H and O–H groups in total. The van der Waals surface area contributed by atoms with Crippen LogP contribution in [0.5, 0.6) is 0 Å². The summed E-state index contributed by atoms with van der Waals surface area (Å²) in [5, 5.41) is 4.90. The Kier molecular flexibility index (Phi) is 6.73. The third kappa shape index (κ3) is 4.54. The number of rotatable bonds is 3. The molecule has 8 heteroatoms. The predicted octanol–water partition coefficient (Wildman–Crippen LogP) is 2.33. The van der Waals surface area contributed by atoms with Crippen LogP contribution in [-0.4, -0.2) is 46.8 Å². The van der Waals surface area contributed by atoms with E-state index in [4.69, 9.17) is 17.3 Å². The Morgan fingerprint density at radius 2 is 1.83 bits per heavy atom. The van der Waals surface area contributed by atoms with Crippen LogP contribution in [0.1, 0.15) is 5.69 Å². The zero-order chi connectivity index (χ0) is 16.2. The van der Waals surface area contributed by atoms with Gasteiger partial charge in [-0.25, -0.2) is 4.99 Å². The van der Waals surface area contributed by atoms with E-state index in [1.54, 1.807) is 6.20 Å². The molecule has 2 heterocycles. The highest BCUT2D eigenvalue weighted by Crippen LogP contribution is 2.19. The molecular formula is C16H22ClIN6. The first kappa shape index (κ1) is 18.9. The van der Waals surface area contributed by atoms with Gasteiger partial charge in [-0.05, 0) is 30.3 Å². The lowest BCUT2D eigenvalue weighted by Gasteiger charge is -2.36. The van der Waals surface area contributed by atoms with Gasteiger partial charge in [0.05, 0.1) is 12.2 Å². The summed E-state index contributed by atoms with van der Waals surface area (Å²) in [4.78, 5) is 8.95. The number of piperazine rings is 1. The highest BCUT2D eigenvalue weighted by Gasteiger charge is 2.18. The molecule has 1 aliphatic rings. The smallest absolute Gasteiger partial charge is 0.191 e. The van der Waals surface area contributed by atoms with Crippen molar-refractivity contribution < 1.29 is 0 Å². The molecule has 130 valence electrons. The summed E-state index contributed by atoms with van der Waals surface area (Å²) in [7, 11) is 1.91. The van der Waals surface area contributed by atoms with Crippen LogP contribution in [0.15, 0.2) is 41.5 Å². The van der Waals surface area contributed by atoms with Crippen molar-refractivity contribution in [3.8, 4) is 0 Å². The predicted molar refractivity (Wildman–Crippen MR) is 109 cm³/mol. The lowest BCUT2D eigenvalue weighted by Crippen LogP contribution is -2.51. The van der Waals surface area contributed by atoms with Gasteiger partial charge in [-0.2, -0.15) is 5.10 Å². The normalized spacial score (nSPS) is 15.3. The lowest BCUT2D eigenvalue weighted by molar-refractivity contribution is 0.380. The van der Waals surface area contributed by atoms with Crippen molar-refractivity contribution in [1.82, 2.24) is 14.7 Å². The second kappa shape index (κ2) is 8.57. The van der Waals surface area contributed by atoms with Crippen molar-refractivity contribution >= 4 is 47.2 Å². The average Bonchev–Trinajstić information content (AvgIpc) is 2.99. The maximum absolute atomic E-state index is 6.13. The van der Waals surface area contributed by atoms with Gasteiger partial charge in [0.1, 0.15) is 0 Å². The fourth-order valence-electron chi connectivity index (χ4n) is 2.66. The molecular weight excluding hydrogens is 439 g/mol. The number of nitrogens with zero attached hydrogens (tertiary/aromatic N) is 5. The molecule has 1 saturated heterocycles. The first-order valence-corrected chi connectivity index (χ1v) is 8.03. The van der Waals surface area contributed by atoms with Crippen molar-refractivity contribution in [3.05, 3.63) is 47.2 Å². The van der Waals surface area contributed by atoms with E-state index in [1.807, 2.05) is 29.9 Å². The van der Waals surface area contributed by atoms with E-state index < -0.39 is 0 Å². The summed E-state index contributed by atoms with van der Waals surface area (Å²) < 4.78 is 1.81. The van der Waals surface area contributed by atoms with E-state index in [0.717, 1.165) is 36.9 Å². The highest BCUT2D eigenvalue weighted by molar-refractivity contribution is 14.0. The van der Waals surface area contributed by atoms with E-state index in [-0.39, 0.29) is 24.0 Å². The van der Waals surface area contributed by atoms with Crippen molar-refractivity contribution in [2.24, 2.45) is 17.8 Å². The molecule has 0 saturated carbocycles. The van der Waals surface area contributed by atoms with E-state index in [1.165, 1.54) is 5.69 Å². The number of aromatic nitrogens is 2. The summed E-state index contributed by atoms with van der Waals surface area (Å²) >= 11 is 5.94. The summed E-state index contributed by atoms with van der Waals surface area (Å²) in [6, 6.07) is 9.91. The first-order valence-electron chi connectivity index (χ1n) is 7.66. The average molecular weight is 461 g/mol. The molecule has 0 amide bonds. The lowest BCUT2D eigenvalue weighted by atomic mass is 10.2. The van der Waals surface area contributed by atoms with Gasteiger partial charge in [0.25, 0.3) is 0 Å². The minimum Gasteiger partial charge on any atom is -0.370 e. The number of nitrogens with two attached hydrogens (primary N) is 1. The van der Waals surface area contributed by atoms with Gasteiger partial charge in [0, 0.05) is 50.1 Å². The fourth-order valence-corrected chi connectivity index (χ4v) is 2.79. The van der Waals surface area contributed by atoms with E-state index in [9.17, 15) is 0 Å². The van der Waals surface area contributed by atoms with E-state index >= 15 is 0 Å². The fraction of sp³-hybridized carbons (Fsp3) is 0.375. The van der Waals surface area contributed by atoms with Crippen molar-refractivity contribution in [2.45, 2.75) is 6.54 Å². The Balaban J connectivity index is 0.00000208. The second-order valence-electron chi connectivity index (χ2n) is 5.57. The zero-order valence-electron chi connectivity index (χ0n) is 13.6. The molecule has 1 aromatic carbocycles. The molecule has 0 aliphatic carbocycles. The molecule has 6 nitrogen and oxygen atoms in total. The van der Waals surface area contributed by atoms with Crippen molar-refractivity contribution in [2.75, 3.05) is 31.1 Å². The van der Waals surface area contributed by atoms with Gasteiger partial charge in [-0.15, -0.1) is 24.0 Å². The molecule has 24 heavy (non-hydrogen) atoms. The molecule has 1 fully saturated rings. The monoisotopic (exact) mass is 460 g/mol. The highest BCUT2D eigenvalue weighted by atomic mass is 127. The third-order valence-corrected chi connectivity index (χ3v) is 4.37. The number of aliphatic imine (C=N–C) groups is 1. The number of anilines is 1. The third-order valence-electron chi connectivity index (χ3n) is 4.12. The molecule has 0 unspecified atom stereocenters. The number of aryl methyl sites for hydroxylation is 1.